The fourth-order valence-corrected chi connectivity index (χ4v) is 3.91. The fraction of sp³-hybridized carbons (Fsp3) is 0.0909. The zero-order valence-electron chi connectivity index (χ0n) is 14.4. The summed E-state index contributed by atoms with van der Waals surface area (Å²) in [6.07, 6.45) is 0.652. The Balaban J connectivity index is 1.72. The molecular weight excluding hydrogens is 340 g/mol. The summed E-state index contributed by atoms with van der Waals surface area (Å²) >= 11 is 1.50. The number of rotatable bonds is 4. The molecule has 128 valence electrons. The van der Waals surface area contributed by atoms with E-state index in [0.717, 1.165) is 21.5 Å². The number of hydrogen-bond donors (Lipinski definition) is 1. The Morgan fingerprint density at radius 3 is 2.50 bits per heavy atom. The van der Waals surface area contributed by atoms with Gasteiger partial charge in [-0.15, -0.1) is 0 Å². The van der Waals surface area contributed by atoms with Crippen molar-refractivity contribution in [2.75, 3.05) is 0 Å². The van der Waals surface area contributed by atoms with E-state index in [9.17, 15) is 4.79 Å². The van der Waals surface area contributed by atoms with E-state index in [-0.39, 0.29) is 5.56 Å². The molecule has 3 aromatic carbocycles. The topological polar surface area (TPSA) is 45.8 Å². The van der Waals surface area contributed by atoms with Crippen molar-refractivity contribution in [1.82, 2.24) is 9.97 Å². The van der Waals surface area contributed by atoms with Crippen LogP contribution in [0, 0.1) is 6.92 Å². The van der Waals surface area contributed by atoms with Crippen LogP contribution in [0.3, 0.4) is 0 Å². The number of fused-ring (bicyclic) bond motifs is 1. The maximum Gasteiger partial charge on any atom is 0.254 e. The molecule has 0 amide bonds. The molecular formula is C22H18N2OS. The summed E-state index contributed by atoms with van der Waals surface area (Å²) in [6, 6.07) is 24.5. The van der Waals surface area contributed by atoms with Crippen LogP contribution >= 0.6 is 11.8 Å². The van der Waals surface area contributed by atoms with Gasteiger partial charge in [0, 0.05) is 16.9 Å². The van der Waals surface area contributed by atoms with Crippen LogP contribution in [-0.4, -0.2) is 9.97 Å². The van der Waals surface area contributed by atoms with E-state index < -0.39 is 0 Å². The van der Waals surface area contributed by atoms with Crippen LogP contribution in [0.4, 0.5) is 0 Å². The Bertz CT molecular complexity index is 1110. The number of aromatic nitrogens is 2. The average Bonchev–Trinajstić information content (AvgIpc) is 2.67. The van der Waals surface area contributed by atoms with Crippen molar-refractivity contribution in [3.05, 3.63) is 100.0 Å². The molecule has 0 radical (unpaired) electrons. The Kier molecular flexibility index (Phi) is 4.59. The Labute approximate surface area is 156 Å². The summed E-state index contributed by atoms with van der Waals surface area (Å²) in [5, 5.41) is 2.96. The van der Waals surface area contributed by atoms with Crippen molar-refractivity contribution in [3.8, 4) is 0 Å². The average molecular weight is 358 g/mol. The highest BCUT2D eigenvalue weighted by atomic mass is 32.2. The van der Waals surface area contributed by atoms with Crippen LogP contribution < -0.4 is 5.56 Å². The second-order valence-corrected chi connectivity index (χ2v) is 7.22. The number of benzene rings is 3. The van der Waals surface area contributed by atoms with Crippen molar-refractivity contribution in [2.45, 2.75) is 23.4 Å². The Morgan fingerprint density at radius 2 is 1.65 bits per heavy atom. The molecule has 0 aliphatic heterocycles. The third-order valence-corrected chi connectivity index (χ3v) is 5.36. The molecule has 0 unspecified atom stereocenters. The van der Waals surface area contributed by atoms with Gasteiger partial charge in [0.1, 0.15) is 0 Å². The van der Waals surface area contributed by atoms with Crippen molar-refractivity contribution in [2.24, 2.45) is 0 Å². The fourth-order valence-electron chi connectivity index (χ4n) is 2.95. The van der Waals surface area contributed by atoms with E-state index in [1.54, 1.807) is 0 Å². The van der Waals surface area contributed by atoms with Crippen LogP contribution in [0.5, 0.6) is 0 Å². The molecule has 4 aromatic rings. The van der Waals surface area contributed by atoms with E-state index in [2.05, 4.69) is 41.4 Å². The zero-order chi connectivity index (χ0) is 17.9. The van der Waals surface area contributed by atoms with Crippen LogP contribution in [0.2, 0.25) is 0 Å². The quantitative estimate of drug-likeness (QED) is 0.524. The standard InChI is InChI=1S/C22H18N2OS/c1-15-19(14-16-8-3-2-4-9-16)23-22(24-21(15)25)26-20-13-7-11-17-10-5-6-12-18(17)20/h2-13H,14H2,1H3,(H,23,24,25). The number of hydrogen-bond acceptors (Lipinski definition) is 3. The molecule has 0 saturated carbocycles. The minimum absolute atomic E-state index is 0.0753. The van der Waals surface area contributed by atoms with Gasteiger partial charge in [0.2, 0.25) is 0 Å². The molecule has 0 bridgehead atoms. The van der Waals surface area contributed by atoms with Gasteiger partial charge in [0.05, 0.1) is 5.69 Å². The molecule has 0 atom stereocenters. The summed E-state index contributed by atoms with van der Waals surface area (Å²) in [7, 11) is 0. The van der Waals surface area contributed by atoms with Crippen LogP contribution in [0.25, 0.3) is 10.8 Å². The summed E-state index contributed by atoms with van der Waals surface area (Å²) < 4.78 is 0. The predicted molar refractivity (Wildman–Crippen MR) is 107 cm³/mol. The monoisotopic (exact) mass is 358 g/mol. The van der Waals surface area contributed by atoms with E-state index in [0.29, 0.717) is 17.1 Å². The molecule has 1 aromatic heterocycles. The third-order valence-electron chi connectivity index (χ3n) is 4.40. The van der Waals surface area contributed by atoms with Crippen LogP contribution in [0.1, 0.15) is 16.8 Å². The van der Waals surface area contributed by atoms with E-state index in [1.807, 2.05) is 43.3 Å². The second-order valence-electron chi connectivity index (χ2n) is 6.18. The molecule has 3 nitrogen and oxygen atoms in total. The normalized spacial score (nSPS) is 11.0. The zero-order valence-corrected chi connectivity index (χ0v) is 15.2. The van der Waals surface area contributed by atoms with Crippen molar-refractivity contribution < 1.29 is 0 Å². The van der Waals surface area contributed by atoms with Gasteiger partial charge < -0.3 is 4.98 Å². The lowest BCUT2D eigenvalue weighted by molar-refractivity contribution is 0.858. The van der Waals surface area contributed by atoms with Gasteiger partial charge in [-0.3, -0.25) is 4.79 Å². The minimum atomic E-state index is -0.0753. The summed E-state index contributed by atoms with van der Waals surface area (Å²) in [5.74, 6) is 0. The molecule has 0 saturated heterocycles. The lowest BCUT2D eigenvalue weighted by atomic mass is 10.1. The highest BCUT2D eigenvalue weighted by Crippen LogP contribution is 2.31. The predicted octanol–water partition coefficient (Wildman–Crippen LogP) is 4.97. The highest BCUT2D eigenvalue weighted by molar-refractivity contribution is 7.99. The molecule has 0 aliphatic rings. The first-order chi connectivity index (χ1) is 12.7. The van der Waals surface area contributed by atoms with Gasteiger partial charge in [-0.1, -0.05) is 78.5 Å². The van der Waals surface area contributed by atoms with E-state index in [4.69, 9.17) is 4.98 Å². The van der Waals surface area contributed by atoms with Crippen LogP contribution in [-0.2, 0) is 6.42 Å². The summed E-state index contributed by atoms with van der Waals surface area (Å²) in [5.41, 5.74) is 2.57. The van der Waals surface area contributed by atoms with Crippen molar-refractivity contribution in [1.29, 1.82) is 0 Å². The van der Waals surface area contributed by atoms with Crippen molar-refractivity contribution in [3.63, 3.8) is 0 Å². The minimum Gasteiger partial charge on any atom is -0.301 e. The van der Waals surface area contributed by atoms with Gasteiger partial charge in [0.25, 0.3) is 5.56 Å². The Morgan fingerprint density at radius 1 is 0.923 bits per heavy atom. The van der Waals surface area contributed by atoms with Gasteiger partial charge in [0.15, 0.2) is 5.16 Å². The molecule has 1 N–H and O–H groups in total. The molecule has 4 rings (SSSR count). The lowest BCUT2D eigenvalue weighted by Gasteiger charge is -2.09. The van der Waals surface area contributed by atoms with E-state index >= 15 is 0 Å². The maximum absolute atomic E-state index is 12.4. The van der Waals surface area contributed by atoms with Gasteiger partial charge in [-0.25, -0.2) is 4.98 Å². The van der Waals surface area contributed by atoms with Crippen LogP contribution in [0.15, 0.2) is 87.6 Å². The number of H-pyrrole nitrogens is 1. The second kappa shape index (κ2) is 7.18. The lowest BCUT2D eigenvalue weighted by Crippen LogP contribution is -2.16. The third kappa shape index (κ3) is 3.41. The molecule has 26 heavy (non-hydrogen) atoms. The molecule has 4 heteroatoms. The summed E-state index contributed by atoms with van der Waals surface area (Å²) in [6.45, 7) is 1.83. The van der Waals surface area contributed by atoms with Gasteiger partial charge in [-0.2, -0.15) is 0 Å². The van der Waals surface area contributed by atoms with Gasteiger partial charge in [-0.05, 0) is 29.3 Å². The SMILES string of the molecule is Cc1c(Cc2ccccc2)nc(Sc2cccc3ccccc23)[nH]c1=O. The Hall–Kier alpha value is -2.85. The first-order valence-corrected chi connectivity index (χ1v) is 9.32. The smallest absolute Gasteiger partial charge is 0.254 e. The largest absolute Gasteiger partial charge is 0.301 e. The molecule has 0 spiro atoms. The molecule has 1 heterocycles. The number of nitrogens with one attached hydrogen (secondary N) is 1. The van der Waals surface area contributed by atoms with Crippen molar-refractivity contribution >= 4 is 22.5 Å². The molecule has 0 fully saturated rings. The summed E-state index contributed by atoms with van der Waals surface area (Å²) in [4.78, 5) is 21.1. The number of aromatic amines is 1. The first kappa shape index (κ1) is 16.6. The maximum atomic E-state index is 12.4. The molecule has 0 aliphatic carbocycles. The first-order valence-electron chi connectivity index (χ1n) is 8.50. The highest BCUT2D eigenvalue weighted by Gasteiger charge is 2.11. The number of nitrogens with zero attached hydrogens (tertiary/aromatic N) is 1. The van der Waals surface area contributed by atoms with Gasteiger partial charge >= 0.3 is 0 Å². The van der Waals surface area contributed by atoms with E-state index in [1.165, 1.54) is 17.1 Å².